The Labute approximate surface area is 126 Å². The molecule has 0 heterocycles. The van der Waals surface area contributed by atoms with Crippen LogP contribution in [0.15, 0.2) is 12.1 Å². The highest BCUT2D eigenvalue weighted by atomic mass is 35.5. The molecule has 0 bridgehead atoms. The van der Waals surface area contributed by atoms with E-state index in [4.69, 9.17) is 25.8 Å². The quantitative estimate of drug-likeness (QED) is 0.673. The maximum Gasteiger partial charge on any atom is 0.179 e. The number of benzene rings is 1. The predicted octanol–water partition coefficient (Wildman–Crippen LogP) is 3.26. The van der Waals surface area contributed by atoms with Gasteiger partial charge in [-0.25, -0.2) is 0 Å². The number of rotatable bonds is 10. The summed E-state index contributed by atoms with van der Waals surface area (Å²) in [5, 5.41) is 3.87. The van der Waals surface area contributed by atoms with Crippen LogP contribution in [0.25, 0.3) is 0 Å². The Hall–Kier alpha value is -0.970. The van der Waals surface area contributed by atoms with E-state index < -0.39 is 0 Å². The van der Waals surface area contributed by atoms with Crippen LogP contribution in [0.5, 0.6) is 11.5 Å². The van der Waals surface area contributed by atoms with Crippen LogP contribution in [-0.2, 0) is 11.3 Å². The minimum Gasteiger partial charge on any atom is -0.493 e. The largest absolute Gasteiger partial charge is 0.493 e. The lowest BCUT2D eigenvalue weighted by Gasteiger charge is -2.12. The first kappa shape index (κ1) is 17.1. The van der Waals surface area contributed by atoms with E-state index in [-0.39, 0.29) is 0 Å². The van der Waals surface area contributed by atoms with Crippen molar-refractivity contribution in [2.45, 2.75) is 26.3 Å². The first-order chi connectivity index (χ1) is 9.72. The molecule has 5 heteroatoms. The summed E-state index contributed by atoms with van der Waals surface area (Å²) >= 11 is 6.15. The van der Waals surface area contributed by atoms with Gasteiger partial charge < -0.3 is 19.5 Å². The summed E-state index contributed by atoms with van der Waals surface area (Å²) in [4.78, 5) is 0. The van der Waals surface area contributed by atoms with Gasteiger partial charge in [0.05, 0.1) is 25.8 Å². The molecule has 1 aromatic rings. The minimum atomic E-state index is 0.558. The molecule has 0 unspecified atom stereocenters. The number of hydrogen-bond donors (Lipinski definition) is 1. The van der Waals surface area contributed by atoms with E-state index in [1.807, 2.05) is 12.1 Å². The molecule has 0 saturated heterocycles. The fourth-order valence-corrected chi connectivity index (χ4v) is 2.11. The van der Waals surface area contributed by atoms with E-state index in [9.17, 15) is 0 Å². The predicted molar refractivity (Wildman–Crippen MR) is 82.0 cm³/mol. The van der Waals surface area contributed by atoms with Crippen LogP contribution in [0, 0.1) is 0 Å². The number of hydrogen-bond acceptors (Lipinski definition) is 4. The smallest absolute Gasteiger partial charge is 0.179 e. The van der Waals surface area contributed by atoms with Gasteiger partial charge in [-0.2, -0.15) is 0 Å². The highest BCUT2D eigenvalue weighted by Crippen LogP contribution is 2.35. The van der Waals surface area contributed by atoms with E-state index in [1.54, 1.807) is 14.2 Å². The van der Waals surface area contributed by atoms with Crippen LogP contribution >= 0.6 is 11.6 Å². The Morgan fingerprint density at radius 3 is 2.60 bits per heavy atom. The molecule has 0 aromatic heterocycles. The van der Waals surface area contributed by atoms with Gasteiger partial charge in [0.15, 0.2) is 11.5 Å². The summed E-state index contributed by atoms with van der Waals surface area (Å²) in [5.74, 6) is 1.22. The highest BCUT2D eigenvalue weighted by molar-refractivity contribution is 6.32. The van der Waals surface area contributed by atoms with Crippen molar-refractivity contribution in [1.29, 1.82) is 0 Å². The standard InChI is InChI=1S/C15H24ClNO3/c1-4-5-7-20-8-6-17-11-12-9-13(16)15(19-3)14(10-12)18-2/h9-10,17H,4-8,11H2,1-3H3. The summed E-state index contributed by atoms with van der Waals surface area (Å²) in [6.07, 6.45) is 2.28. The summed E-state index contributed by atoms with van der Waals surface area (Å²) < 4.78 is 16.0. The van der Waals surface area contributed by atoms with Gasteiger partial charge in [-0.1, -0.05) is 24.9 Å². The van der Waals surface area contributed by atoms with E-state index in [2.05, 4.69) is 12.2 Å². The molecule has 1 N–H and O–H groups in total. The van der Waals surface area contributed by atoms with E-state index in [0.29, 0.717) is 16.5 Å². The molecule has 0 amide bonds. The van der Waals surface area contributed by atoms with E-state index in [0.717, 1.165) is 44.7 Å². The van der Waals surface area contributed by atoms with Crippen molar-refractivity contribution in [3.05, 3.63) is 22.7 Å². The van der Waals surface area contributed by atoms with Crippen LogP contribution in [0.2, 0.25) is 5.02 Å². The Morgan fingerprint density at radius 2 is 1.95 bits per heavy atom. The molecule has 0 aliphatic rings. The zero-order valence-corrected chi connectivity index (χ0v) is 13.3. The molecule has 0 spiro atoms. The molecule has 1 aromatic carbocycles. The molecule has 20 heavy (non-hydrogen) atoms. The van der Waals surface area contributed by atoms with Crippen LogP contribution < -0.4 is 14.8 Å². The van der Waals surface area contributed by atoms with Crippen molar-refractivity contribution in [1.82, 2.24) is 5.32 Å². The fourth-order valence-electron chi connectivity index (χ4n) is 1.80. The second kappa shape index (κ2) is 9.86. The molecule has 1 rings (SSSR count). The summed E-state index contributed by atoms with van der Waals surface area (Å²) in [7, 11) is 3.18. The molecule has 114 valence electrons. The van der Waals surface area contributed by atoms with Crippen molar-refractivity contribution in [3.8, 4) is 11.5 Å². The third-order valence-corrected chi connectivity index (χ3v) is 3.17. The van der Waals surface area contributed by atoms with E-state index >= 15 is 0 Å². The third-order valence-electron chi connectivity index (χ3n) is 2.89. The highest BCUT2D eigenvalue weighted by Gasteiger charge is 2.10. The van der Waals surface area contributed by atoms with Crippen LogP contribution in [-0.4, -0.2) is 34.0 Å². The van der Waals surface area contributed by atoms with E-state index in [1.165, 1.54) is 0 Å². The monoisotopic (exact) mass is 301 g/mol. The van der Waals surface area contributed by atoms with Crippen LogP contribution in [0.4, 0.5) is 0 Å². The number of ether oxygens (including phenoxy) is 3. The first-order valence-corrected chi connectivity index (χ1v) is 7.29. The summed E-state index contributed by atoms with van der Waals surface area (Å²) in [6.45, 7) is 5.25. The number of methoxy groups -OCH3 is 2. The molecule has 0 saturated carbocycles. The minimum absolute atomic E-state index is 0.558. The Morgan fingerprint density at radius 1 is 1.15 bits per heavy atom. The summed E-state index contributed by atoms with van der Waals surface area (Å²) in [5.41, 5.74) is 1.06. The average Bonchev–Trinajstić information content (AvgIpc) is 2.45. The maximum atomic E-state index is 6.15. The second-order valence-electron chi connectivity index (χ2n) is 4.46. The molecule has 0 aliphatic heterocycles. The van der Waals surface area contributed by atoms with Crippen LogP contribution in [0.1, 0.15) is 25.3 Å². The fraction of sp³-hybridized carbons (Fsp3) is 0.600. The first-order valence-electron chi connectivity index (χ1n) is 6.91. The zero-order chi connectivity index (χ0) is 14.8. The topological polar surface area (TPSA) is 39.7 Å². The lowest BCUT2D eigenvalue weighted by Crippen LogP contribution is -2.19. The Bertz CT molecular complexity index is 399. The van der Waals surface area contributed by atoms with Gasteiger partial charge in [0.2, 0.25) is 0 Å². The lowest BCUT2D eigenvalue weighted by atomic mass is 10.2. The molecular weight excluding hydrogens is 278 g/mol. The van der Waals surface area contributed by atoms with Gasteiger partial charge in [0.25, 0.3) is 0 Å². The molecule has 0 aliphatic carbocycles. The Balaban J connectivity index is 2.39. The molecular formula is C15H24ClNO3. The molecule has 0 atom stereocenters. The Kier molecular flexibility index (Phi) is 8.42. The van der Waals surface area contributed by atoms with Crippen molar-refractivity contribution >= 4 is 11.6 Å². The van der Waals surface area contributed by atoms with Gasteiger partial charge in [-0.15, -0.1) is 0 Å². The second-order valence-corrected chi connectivity index (χ2v) is 4.86. The maximum absolute atomic E-state index is 6.15. The third kappa shape index (κ3) is 5.57. The molecule has 0 fully saturated rings. The van der Waals surface area contributed by atoms with Crippen molar-refractivity contribution in [2.75, 3.05) is 34.0 Å². The van der Waals surface area contributed by atoms with Gasteiger partial charge in [-0.3, -0.25) is 0 Å². The van der Waals surface area contributed by atoms with Crippen molar-refractivity contribution in [2.24, 2.45) is 0 Å². The van der Waals surface area contributed by atoms with Gasteiger partial charge in [0, 0.05) is 19.7 Å². The normalized spacial score (nSPS) is 10.6. The molecule has 0 radical (unpaired) electrons. The SMILES string of the molecule is CCCCOCCNCc1cc(Cl)c(OC)c(OC)c1. The van der Waals surface area contributed by atoms with Crippen LogP contribution in [0.3, 0.4) is 0 Å². The number of halogens is 1. The zero-order valence-electron chi connectivity index (χ0n) is 12.5. The van der Waals surface area contributed by atoms with Gasteiger partial charge in [0.1, 0.15) is 0 Å². The van der Waals surface area contributed by atoms with Crippen molar-refractivity contribution < 1.29 is 14.2 Å². The molecule has 4 nitrogen and oxygen atoms in total. The average molecular weight is 302 g/mol. The summed E-state index contributed by atoms with van der Waals surface area (Å²) in [6, 6.07) is 3.81. The number of unbranched alkanes of at least 4 members (excludes halogenated alkanes) is 1. The number of nitrogens with one attached hydrogen (secondary N) is 1. The van der Waals surface area contributed by atoms with Gasteiger partial charge >= 0.3 is 0 Å². The van der Waals surface area contributed by atoms with Gasteiger partial charge in [-0.05, 0) is 24.1 Å². The lowest BCUT2D eigenvalue weighted by molar-refractivity contribution is 0.133. The van der Waals surface area contributed by atoms with Crippen molar-refractivity contribution in [3.63, 3.8) is 0 Å².